The number of para-hydroxylation sites is 2. The molecule has 5 rings (SSSR count). The van der Waals surface area contributed by atoms with Crippen molar-refractivity contribution in [1.82, 2.24) is 20.0 Å². The van der Waals surface area contributed by atoms with Crippen molar-refractivity contribution >= 4 is 34.2 Å². The molecule has 140 valence electrons. The Morgan fingerprint density at radius 1 is 0.643 bits per heavy atom. The van der Waals surface area contributed by atoms with Crippen LogP contribution < -0.4 is 0 Å². The van der Waals surface area contributed by atoms with Gasteiger partial charge in [0.1, 0.15) is 0 Å². The van der Waals surface area contributed by atoms with Crippen LogP contribution in [0.1, 0.15) is 11.1 Å². The topological polar surface area (TPSA) is 62.8 Å². The zero-order valence-corrected chi connectivity index (χ0v) is 15.5. The third-order valence-electron chi connectivity index (χ3n) is 5.20. The Kier molecular flexibility index (Phi) is 4.29. The monoisotopic (exact) mass is 370 g/mol. The summed E-state index contributed by atoms with van der Waals surface area (Å²) >= 11 is 0. The van der Waals surface area contributed by atoms with Crippen LogP contribution in [0, 0.1) is 0 Å². The summed E-state index contributed by atoms with van der Waals surface area (Å²) in [5.41, 5.74) is 4.52. The van der Waals surface area contributed by atoms with Crippen LogP contribution in [-0.2, 0) is 0 Å². The SMILES string of the molecule is C(=N/N1CCN(/N=C\c2c[nH]c3ccccc23)CC1)/c1c[nH]c2ccccc12. The number of hydrogen-bond donors (Lipinski definition) is 2. The van der Waals surface area contributed by atoms with Crippen LogP contribution in [0.3, 0.4) is 0 Å². The molecule has 3 heterocycles. The standard InChI is InChI=1S/C22H22N6/c1-3-7-21-19(5-1)17(13-23-21)15-25-27-9-11-28(12-10-27)26-16-18-14-24-22-8-4-2-6-20(18)22/h1-8,13-16,23-24H,9-12H2/b25-15-,26-16-. The Morgan fingerprint density at radius 3 is 1.54 bits per heavy atom. The summed E-state index contributed by atoms with van der Waals surface area (Å²) in [6.07, 6.45) is 7.92. The van der Waals surface area contributed by atoms with Gasteiger partial charge >= 0.3 is 0 Å². The molecule has 6 heteroatoms. The maximum atomic E-state index is 4.67. The largest absolute Gasteiger partial charge is 0.361 e. The van der Waals surface area contributed by atoms with Gasteiger partial charge < -0.3 is 9.97 Å². The summed E-state index contributed by atoms with van der Waals surface area (Å²) in [6, 6.07) is 16.6. The molecule has 0 amide bonds. The fourth-order valence-electron chi connectivity index (χ4n) is 3.61. The second-order valence-corrected chi connectivity index (χ2v) is 6.98. The number of benzene rings is 2. The second kappa shape index (κ2) is 7.23. The molecular formula is C22H22N6. The minimum absolute atomic E-state index is 0.865. The van der Waals surface area contributed by atoms with E-state index >= 15 is 0 Å². The molecule has 28 heavy (non-hydrogen) atoms. The van der Waals surface area contributed by atoms with E-state index in [1.165, 1.54) is 10.8 Å². The maximum Gasteiger partial charge on any atom is 0.0564 e. The highest BCUT2D eigenvalue weighted by molar-refractivity contribution is 5.99. The molecule has 2 N–H and O–H groups in total. The van der Waals surface area contributed by atoms with Gasteiger partial charge in [0.2, 0.25) is 0 Å². The van der Waals surface area contributed by atoms with E-state index in [9.17, 15) is 0 Å². The molecule has 2 aromatic carbocycles. The van der Waals surface area contributed by atoms with Crippen LogP contribution in [0.2, 0.25) is 0 Å². The molecule has 0 unspecified atom stereocenters. The zero-order chi connectivity index (χ0) is 18.8. The smallest absolute Gasteiger partial charge is 0.0564 e. The molecule has 0 spiro atoms. The van der Waals surface area contributed by atoms with Crippen molar-refractivity contribution in [3.63, 3.8) is 0 Å². The molecule has 1 aliphatic rings. The lowest BCUT2D eigenvalue weighted by Gasteiger charge is -2.31. The molecule has 1 aliphatic heterocycles. The van der Waals surface area contributed by atoms with E-state index in [-0.39, 0.29) is 0 Å². The second-order valence-electron chi connectivity index (χ2n) is 6.98. The highest BCUT2D eigenvalue weighted by atomic mass is 15.5. The first-order valence-corrected chi connectivity index (χ1v) is 9.57. The van der Waals surface area contributed by atoms with Crippen LogP contribution >= 0.6 is 0 Å². The van der Waals surface area contributed by atoms with Crippen LogP contribution in [0.4, 0.5) is 0 Å². The number of aromatic nitrogens is 2. The third kappa shape index (κ3) is 3.24. The molecule has 0 aliphatic carbocycles. The fraction of sp³-hybridized carbons (Fsp3) is 0.182. The van der Waals surface area contributed by atoms with Crippen LogP contribution in [0.15, 0.2) is 71.1 Å². The number of nitrogens with one attached hydrogen (secondary N) is 2. The number of rotatable bonds is 4. The minimum atomic E-state index is 0.865. The molecule has 0 radical (unpaired) electrons. The Balaban J connectivity index is 1.20. The lowest BCUT2D eigenvalue weighted by molar-refractivity contribution is 0.141. The molecule has 2 aromatic heterocycles. The van der Waals surface area contributed by atoms with E-state index in [0.717, 1.165) is 48.3 Å². The van der Waals surface area contributed by atoms with Gasteiger partial charge in [-0.2, -0.15) is 10.2 Å². The first-order valence-electron chi connectivity index (χ1n) is 9.57. The molecule has 0 bridgehead atoms. The molecule has 0 saturated carbocycles. The van der Waals surface area contributed by atoms with E-state index in [0.29, 0.717) is 0 Å². The van der Waals surface area contributed by atoms with Gasteiger partial charge in [-0.1, -0.05) is 36.4 Å². The van der Waals surface area contributed by atoms with Crippen molar-refractivity contribution in [2.24, 2.45) is 10.2 Å². The van der Waals surface area contributed by atoms with Crippen molar-refractivity contribution < 1.29 is 0 Å². The molecule has 1 fully saturated rings. The van der Waals surface area contributed by atoms with Gasteiger partial charge in [0, 0.05) is 45.3 Å². The summed E-state index contributed by atoms with van der Waals surface area (Å²) in [5, 5.41) is 16.0. The van der Waals surface area contributed by atoms with E-state index in [1.54, 1.807) is 0 Å². The van der Waals surface area contributed by atoms with E-state index in [4.69, 9.17) is 0 Å². The zero-order valence-electron chi connectivity index (χ0n) is 15.5. The maximum absolute atomic E-state index is 4.67. The van der Waals surface area contributed by atoms with Gasteiger partial charge in [0.05, 0.1) is 38.6 Å². The van der Waals surface area contributed by atoms with Crippen molar-refractivity contribution in [3.8, 4) is 0 Å². The first kappa shape index (κ1) is 16.6. The number of hydrazone groups is 2. The summed E-state index contributed by atoms with van der Waals surface area (Å²) in [7, 11) is 0. The van der Waals surface area contributed by atoms with Crippen LogP contribution in [0.5, 0.6) is 0 Å². The summed E-state index contributed by atoms with van der Waals surface area (Å²) in [5.74, 6) is 0. The Labute approximate surface area is 163 Å². The number of H-pyrrole nitrogens is 2. The highest BCUT2D eigenvalue weighted by Gasteiger charge is 2.13. The molecular weight excluding hydrogens is 348 g/mol. The summed E-state index contributed by atoms with van der Waals surface area (Å²) in [4.78, 5) is 6.57. The van der Waals surface area contributed by atoms with Gasteiger partial charge in [-0.05, 0) is 12.1 Å². The van der Waals surface area contributed by atoms with E-state index < -0.39 is 0 Å². The predicted octanol–water partition coefficient (Wildman–Crippen LogP) is 3.63. The number of aromatic amines is 2. The van der Waals surface area contributed by atoms with Crippen molar-refractivity contribution in [2.45, 2.75) is 0 Å². The quantitative estimate of drug-likeness (QED) is 0.539. The summed E-state index contributed by atoms with van der Waals surface area (Å²) < 4.78 is 0. The Hall–Kier alpha value is -3.54. The van der Waals surface area contributed by atoms with Crippen LogP contribution in [-0.4, -0.2) is 58.6 Å². The fourth-order valence-corrected chi connectivity index (χ4v) is 3.61. The van der Waals surface area contributed by atoms with Crippen molar-refractivity contribution in [3.05, 3.63) is 72.1 Å². The number of nitrogens with zero attached hydrogens (tertiary/aromatic N) is 4. The normalized spacial score (nSPS) is 15.6. The van der Waals surface area contributed by atoms with Gasteiger partial charge in [-0.3, -0.25) is 10.0 Å². The first-order chi connectivity index (χ1) is 13.9. The number of hydrogen-bond acceptors (Lipinski definition) is 4. The molecule has 6 nitrogen and oxygen atoms in total. The van der Waals surface area contributed by atoms with Crippen molar-refractivity contribution in [1.29, 1.82) is 0 Å². The van der Waals surface area contributed by atoms with E-state index in [2.05, 4.69) is 66.6 Å². The van der Waals surface area contributed by atoms with Crippen LogP contribution in [0.25, 0.3) is 21.8 Å². The number of piperazine rings is 1. The average molecular weight is 370 g/mol. The lowest BCUT2D eigenvalue weighted by Crippen LogP contribution is -2.41. The van der Waals surface area contributed by atoms with Crippen molar-refractivity contribution in [2.75, 3.05) is 26.2 Å². The third-order valence-corrected chi connectivity index (χ3v) is 5.20. The number of fused-ring (bicyclic) bond motifs is 2. The lowest BCUT2D eigenvalue weighted by atomic mass is 10.2. The van der Waals surface area contributed by atoms with Gasteiger partial charge in [0.25, 0.3) is 0 Å². The Bertz CT molecular complexity index is 1050. The average Bonchev–Trinajstić information content (AvgIpc) is 3.36. The van der Waals surface area contributed by atoms with E-state index in [1.807, 2.05) is 37.0 Å². The summed E-state index contributed by atoms with van der Waals surface area (Å²) in [6.45, 7) is 3.46. The van der Waals surface area contributed by atoms with Gasteiger partial charge in [0.15, 0.2) is 0 Å². The Morgan fingerprint density at radius 2 is 1.07 bits per heavy atom. The van der Waals surface area contributed by atoms with Gasteiger partial charge in [-0.25, -0.2) is 0 Å². The predicted molar refractivity (Wildman–Crippen MR) is 115 cm³/mol. The van der Waals surface area contributed by atoms with Gasteiger partial charge in [-0.15, -0.1) is 0 Å². The molecule has 1 saturated heterocycles. The highest BCUT2D eigenvalue weighted by Crippen LogP contribution is 2.17. The molecule has 4 aromatic rings. The molecule has 0 atom stereocenters. The minimum Gasteiger partial charge on any atom is -0.361 e.